The molecule has 3 aliphatic rings. The van der Waals surface area contributed by atoms with Crippen LogP contribution < -0.4 is 5.32 Å². The van der Waals surface area contributed by atoms with Crippen molar-refractivity contribution in [3.63, 3.8) is 0 Å². The van der Waals surface area contributed by atoms with E-state index >= 15 is 0 Å². The van der Waals surface area contributed by atoms with Gasteiger partial charge in [-0.15, -0.1) is 11.3 Å². The Morgan fingerprint density at radius 2 is 2.17 bits per heavy atom. The van der Waals surface area contributed by atoms with Gasteiger partial charge < -0.3 is 9.80 Å². The normalized spacial score (nSPS) is 26.4. The molecule has 4 nitrogen and oxygen atoms in total. The summed E-state index contributed by atoms with van der Waals surface area (Å²) in [7, 11) is 1.87. The number of thiophene rings is 1. The molecule has 0 spiro atoms. The van der Waals surface area contributed by atoms with Crippen molar-refractivity contribution in [2.75, 3.05) is 32.0 Å². The number of carbonyl (C=O) groups is 1. The monoisotopic (exact) mass is 333 g/mol. The summed E-state index contributed by atoms with van der Waals surface area (Å²) < 4.78 is 14.4. The lowest BCUT2D eigenvalue weighted by molar-refractivity contribution is 0.0336. The Kier molecular flexibility index (Phi) is 3.73. The molecule has 4 heterocycles. The number of fused-ring (bicyclic) bond motifs is 4. The van der Waals surface area contributed by atoms with E-state index in [2.05, 4.69) is 10.2 Å². The molecule has 0 aliphatic carbocycles. The van der Waals surface area contributed by atoms with Crippen molar-refractivity contribution >= 4 is 32.5 Å². The van der Waals surface area contributed by atoms with Gasteiger partial charge in [-0.2, -0.15) is 0 Å². The molecule has 2 bridgehead atoms. The molecule has 0 radical (unpaired) electrons. The first kappa shape index (κ1) is 14.9. The molecule has 23 heavy (non-hydrogen) atoms. The van der Waals surface area contributed by atoms with Crippen LogP contribution in [0.15, 0.2) is 24.3 Å². The van der Waals surface area contributed by atoms with Crippen LogP contribution in [0.2, 0.25) is 0 Å². The maximum atomic E-state index is 13.8. The molecule has 1 aromatic heterocycles. The minimum atomic E-state index is -0.237. The first-order chi connectivity index (χ1) is 11.1. The van der Waals surface area contributed by atoms with Gasteiger partial charge in [0.15, 0.2) is 0 Å². The van der Waals surface area contributed by atoms with Gasteiger partial charge in [0.25, 0.3) is 0 Å². The molecule has 5 rings (SSSR count). The van der Waals surface area contributed by atoms with Crippen LogP contribution in [0.5, 0.6) is 0 Å². The fraction of sp³-hybridized carbons (Fsp3) is 0.471. The van der Waals surface area contributed by atoms with Crippen molar-refractivity contribution in [2.45, 2.75) is 18.9 Å². The number of halogens is 1. The van der Waals surface area contributed by atoms with Crippen LogP contribution in [0.3, 0.4) is 0 Å². The smallest absolute Gasteiger partial charge is 0.322 e. The number of urea groups is 1. The number of piperidine rings is 3. The minimum absolute atomic E-state index is 0.101. The molecular formula is C17H20FN3OS. The number of amides is 2. The maximum absolute atomic E-state index is 13.8. The van der Waals surface area contributed by atoms with Gasteiger partial charge in [0, 0.05) is 19.6 Å². The maximum Gasteiger partial charge on any atom is 0.322 e. The second-order valence-corrected chi connectivity index (χ2v) is 7.57. The van der Waals surface area contributed by atoms with E-state index in [0.29, 0.717) is 15.6 Å². The summed E-state index contributed by atoms with van der Waals surface area (Å²) >= 11 is 1.29. The van der Waals surface area contributed by atoms with Gasteiger partial charge in [0.1, 0.15) is 5.82 Å². The molecule has 0 unspecified atom stereocenters. The number of nitrogens with one attached hydrogen (secondary N) is 1. The first-order valence-corrected chi connectivity index (χ1v) is 8.87. The van der Waals surface area contributed by atoms with E-state index in [1.165, 1.54) is 30.2 Å². The predicted molar refractivity (Wildman–Crippen MR) is 91.5 cm³/mol. The van der Waals surface area contributed by atoms with Crippen molar-refractivity contribution in [1.29, 1.82) is 0 Å². The van der Waals surface area contributed by atoms with Crippen molar-refractivity contribution in [2.24, 2.45) is 5.92 Å². The standard InChI is InChI=1S/C17H20FN3OS/c1-20(14-10-21-7-5-11(14)6-8-21)17(22)19-15-9-12-3-2-4-13(18)16(12)23-15/h2-4,9,11,14H,5-8,10H2,1H3,(H,19,22)/t14-/m0/s1. The van der Waals surface area contributed by atoms with Crippen LogP contribution in [0.4, 0.5) is 14.2 Å². The number of benzene rings is 1. The van der Waals surface area contributed by atoms with E-state index in [0.717, 1.165) is 25.0 Å². The highest BCUT2D eigenvalue weighted by atomic mass is 32.1. The summed E-state index contributed by atoms with van der Waals surface area (Å²) in [4.78, 5) is 16.8. The Bertz CT molecular complexity index is 739. The van der Waals surface area contributed by atoms with Crippen LogP contribution in [-0.4, -0.2) is 48.6 Å². The second-order valence-electron chi connectivity index (χ2n) is 6.52. The summed E-state index contributed by atoms with van der Waals surface area (Å²) in [6.45, 7) is 3.29. The summed E-state index contributed by atoms with van der Waals surface area (Å²) in [5.41, 5.74) is 0. The summed E-state index contributed by atoms with van der Waals surface area (Å²) in [5.74, 6) is 0.370. The highest BCUT2D eigenvalue weighted by Crippen LogP contribution is 2.33. The number of carbonyl (C=O) groups excluding carboxylic acids is 1. The number of nitrogens with zero attached hydrogens (tertiary/aromatic N) is 2. The molecule has 6 heteroatoms. The Hall–Kier alpha value is -1.66. The van der Waals surface area contributed by atoms with Crippen LogP contribution in [0.1, 0.15) is 12.8 Å². The van der Waals surface area contributed by atoms with Gasteiger partial charge in [-0.05, 0) is 49.4 Å². The van der Waals surface area contributed by atoms with Crippen LogP contribution in [-0.2, 0) is 0 Å². The molecule has 1 aromatic carbocycles. The highest BCUT2D eigenvalue weighted by molar-refractivity contribution is 7.23. The molecule has 2 aromatic rings. The Morgan fingerprint density at radius 3 is 2.83 bits per heavy atom. The Labute approximate surface area is 138 Å². The van der Waals surface area contributed by atoms with Gasteiger partial charge in [-0.25, -0.2) is 9.18 Å². The number of hydrogen-bond acceptors (Lipinski definition) is 3. The Morgan fingerprint density at radius 1 is 1.39 bits per heavy atom. The van der Waals surface area contributed by atoms with Crippen molar-refractivity contribution in [3.05, 3.63) is 30.1 Å². The summed E-state index contributed by atoms with van der Waals surface area (Å²) in [6.07, 6.45) is 2.35. The Balaban J connectivity index is 1.49. The molecule has 3 saturated heterocycles. The zero-order chi connectivity index (χ0) is 16.0. The first-order valence-electron chi connectivity index (χ1n) is 8.06. The van der Waals surface area contributed by atoms with Gasteiger partial charge in [-0.1, -0.05) is 12.1 Å². The van der Waals surface area contributed by atoms with Crippen molar-refractivity contribution in [1.82, 2.24) is 9.80 Å². The zero-order valence-corrected chi connectivity index (χ0v) is 13.9. The topological polar surface area (TPSA) is 35.6 Å². The third-order valence-corrected chi connectivity index (χ3v) is 6.24. The largest absolute Gasteiger partial charge is 0.323 e. The lowest BCUT2D eigenvalue weighted by Gasteiger charge is -2.47. The van der Waals surface area contributed by atoms with E-state index in [1.807, 2.05) is 24.1 Å². The van der Waals surface area contributed by atoms with Gasteiger partial charge in [0.2, 0.25) is 0 Å². The van der Waals surface area contributed by atoms with Crippen LogP contribution in [0.25, 0.3) is 10.1 Å². The van der Waals surface area contributed by atoms with Gasteiger partial charge in [0.05, 0.1) is 9.70 Å². The van der Waals surface area contributed by atoms with E-state index < -0.39 is 0 Å². The molecule has 2 amide bonds. The second kappa shape index (κ2) is 5.76. The zero-order valence-electron chi connectivity index (χ0n) is 13.1. The number of hydrogen-bond donors (Lipinski definition) is 1. The predicted octanol–water partition coefficient (Wildman–Crippen LogP) is 3.60. The van der Waals surface area contributed by atoms with Crippen molar-refractivity contribution in [3.8, 4) is 0 Å². The molecule has 0 saturated carbocycles. The molecule has 3 fully saturated rings. The van der Waals surface area contributed by atoms with Gasteiger partial charge >= 0.3 is 6.03 Å². The molecule has 3 aliphatic heterocycles. The van der Waals surface area contributed by atoms with Crippen LogP contribution >= 0.6 is 11.3 Å². The minimum Gasteiger partial charge on any atom is -0.323 e. The molecule has 1 N–H and O–H groups in total. The van der Waals surface area contributed by atoms with Gasteiger partial charge in [-0.3, -0.25) is 5.32 Å². The van der Waals surface area contributed by atoms with E-state index in [1.54, 1.807) is 6.07 Å². The lowest BCUT2D eigenvalue weighted by atomic mass is 9.83. The summed E-state index contributed by atoms with van der Waals surface area (Å²) in [6, 6.07) is 7.02. The third-order valence-electron chi connectivity index (χ3n) is 5.17. The number of likely N-dealkylation sites (N-methyl/N-ethyl adjacent to an activating group) is 1. The van der Waals surface area contributed by atoms with Crippen molar-refractivity contribution < 1.29 is 9.18 Å². The fourth-order valence-electron chi connectivity index (χ4n) is 3.81. The highest BCUT2D eigenvalue weighted by Gasteiger charge is 2.37. The average molecular weight is 333 g/mol. The quantitative estimate of drug-likeness (QED) is 0.911. The van der Waals surface area contributed by atoms with E-state index in [-0.39, 0.29) is 17.9 Å². The number of anilines is 1. The van der Waals surface area contributed by atoms with Crippen LogP contribution in [0, 0.1) is 11.7 Å². The number of rotatable bonds is 2. The fourth-order valence-corrected chi connectivity index (χ4v) is 4.76. The third kappa shape index (κ3) is 2.70. The average Bonchev–Trinajstić information content (AvgIpc) is 2.99. The molecule has 1 atom stereocenters. The van der Waals surface area contributed by atoms with E-state index in [9.17, 15) is 9.18 Å². The lowest BCUT2D eigenvalue weighted by Crippen LogP contribution is -2.58. The van der Waals surface area contributed by atoms with E-state index in [4.69, 9.17) is 0 Å². The molecule has 122 valence electrons. The summed E-state index contributed by atoms with van der Waals surface area (Å²) in [5, 5.41) is 4.46. The molecular weight excluding hydrogens is 313 g/mol. The SMILES string of the molecule is CN(C(=O)Nc1cc2cccc(F)c2s1)[C@H]1CN2CCC1CC2.